The largest absolute Gasteiger partial charge is 0.491 e. The molecule has 0 spiro atoms. The number of ether oxygens (including phenoxy) is 1. The summed E-state index contributed by atoms with van der Waals surface area (Å²) in [4.78, 5) is 0. The van der Waals surface area contributed by atoms with Gasteiger partial charge in [0.1, 0.15) is 18.5 Å². The summed E-state index contributed by atoms with van der Waals surface area (Å²) >= 11 is 0. The molecule has 3 nitrogen and oxygen atoms in total. The molecule has 0 bridgehead atoms. The SMILES string of the molecule is CCCNCC(O)COc1ccccc1C(C)C. The molecule has 0 aliphatic rings. The van der Waals surface area contributed by atoms with Gasteiger partial charge >= 0.3 is 0 Å². The van der Waals surface area contributed by atoms with Gasteiger partial charge in [-0.2, -0.15) is 0 Å². The van der Waals surface area contributed by atoms with E-state index in [-0.39, 0.29) is 0 Å². The van der Waals surface area contributed by atoms with E-state index in [2.05, 4.69) is 32.2 Å². The van der Waals surface area contributed by atoms with Crippen molar-refractivity contribution in [1.29, 1.82) is 0 Å². The highest BCUT2D eigenvalue weighted by Crippen LogP contribution is 2.25. The Bertz CT molecular complexity index is 339. The van der Waals surface area contributed by atoms with Gasteiger partial charge in [-0.1, -0.05) is 39.0 Å². The van der Waals surface area contributed by atoms with Crippen molar-refractivity contribution in [3.8, 4) is 5.75 Å². The minimum atomic E-state index is -0.461. The van der Waals surface area contributed by atoms with Crippen LogP contribution in [-0.2, 0) is 0 Å². The van der Waals surface area contributed by atoms with Crippen LogP contribution in [0.15, 0.2) is 24.3 Å². The Morgan fingerprint density at radius 3 is 2.67 bits per heavy atom. The Labute approximate surface area is 110 Å². The number of benzene rings is 1. The second-order valence-corrected chi connectivity index (χ2v) is 4.86. The number of aliphatic hydroxyl groups is 1. The normalized spacial score (nSPS) is 12.7. The topological polar surface area (TPSA) is 41.5 Å². The van der Waals surface area contributed by atoms with Crippen molar-refractivity contribution in [1.82, 2.24) is 5.32 Å². The lowest BCUT2D eigenvalue weighted by Gasteiger charge is -2.16. The Morgan fingerprint density at radius 1 is 1.28 bits per heavy atom. The van der Waals surface area contributed by atoms with Gasteiger partial charge in [0.2, 0.25) is 0 Å². The highest BCUT2D eigenvalue weighted by molar-refractivity contribution is 5.35. The van der Waals surface area contributed by atoms with Gasteiger partial charge in [0.05, 0.1) is 0 Å². The standard InChI is InChI=1S/C15H25NO2/c1-4-9-16-10-13(17)11-18-15-8-6-5-7-14(15)12(2)3/h5-8,12-13,16-17H,4,9-11H2,1-3H3. The van der Waals surface area contributed by atoms with E-state index in [1.807, 2.05) is 18.2 Å². The fraction of sp³-hybridized carbons (Fsp3) is 0.600. The number of aliphatic hydroxyl groups excluding tert-OH is 1. The molecule has 102 valence electrons. The Kier molecular flexibility index (Phi) is 6.76. The Hall–Kier alpha value is -1.06. The smallest absolute Gasteiger partial charge is 0.122 e. The quantitative estimate of drug-likeness (QED) is 0.698. The number of para-hydroxylation sites is 1. The van der Waals surface area contributed by atoms with E-state index in [0.29, 0.717) is 19.1 Å². The summed E-state index contributed by atoms with van der Waals surface area (Å²) in [6, 6.07) is 8.01. The number of hydrogen-bond donors (Lipinski definition) is 2. The van der Waals surface area contributed by atoms with Crippen LogP contribution in [0.2, 0.25) is 0 Å². The van der Waals surface area contributed by atoms with Crippen LogP contribution in [0.1, 0.15) is 38.7 Å². The predicted molar refractivity (Wildman–Crippen MR) is 75.2 cm³/mol. The van der Waals surface area contributed by atoms with Gasteiger partial charge in [-0.15, -0.1) is 0 Å². The van der Waals surface area contributed by atoms with Crippen molar-refractivity contribution in [2.75, 3.05) is 19.7 Å². The van der Waals surface area contributed by atoms with E-state index >= 15 is 0 Å². The molecule has 1 unspecified atom stereocenters. The molecule has 1 atom stereocenters. The average molecular weight is 251 g/mol. The molecular weight excluding hydrogens is 226 g/mol. The van der Waals surface area contributed by atoms with Crippen molar-refractivity contribution < 1.29 is 9.84 Å². The molecule has 0 radical (unpaired) electrons. The molecule has 0 heterocycles. The zero-order chi connectivity index (χ0) is 13.4. The van der Waals surface area contributed by atoms with Crippen LogP contribution in [-0.4, -0.2) is 30.9 Å². The van der Waals surface area contributed by atoms with Gasteiger partial charge in [0.15, 0.2) is 0 Å². The van der Waals surface area contributed by atoms with E-state index in [1.54, 1.807) is 0 Å². The molecule has 2 N–H and O–H groups in total. The summed E-state index contributed by atoms with van der Waals surface area (Å²) in [5.74, 6) is 1.30. The molecule has 0 fully saturated rings. The van der Waals surface area contributed by atoms with Gasteiger partial charge in [0, 0.05) is 6.54 Å². The van der Waals surface area contributed by atoms with Crippen molar-refractivity contribution in [2.45, 2.75) is 39.2 Å². The first-order chi connectivity index (χ1) is 8.65. The van der Waals surface area contributed by atoms with Crippen LogP contribution >= 0.6 is 0 Å². The van der Waals surface area contributed by atoms with E-state index in [1.165, 1.54) is 5.56 Å². The van der Waals surface area contributed by atoms with Crippen LogP contribution in [0.4, 0.5) is 0 Å². The fourth-order valence-electron chi connectivity index (χ4n) is 1.78. The number of nitrogens with one attached hydrogen (secondary N) is 1. The molecule has 0 aliphatic carbocycles. The lowest BCUT2D eigenvalue weighted by Crippen LogP contribution is -2.31. The molecule has 0 amide bonds. The first-order valence-corrected chi connectivity index (χ1v) is 6.75. The lowest BCUT2D eigenvalue weighted by atomic mass is 10.0. The van der Waals surface area contributed by atoms with Crippen LogP contribution in [0.5, 0.6) is 5.75 Å². The molecule has 1 rings (SSSR count). The summed E-state index contributed by atoms with van der Waals surface area (Å²) in [6.07, 6.45) is 0.612. The maximum Gasteiger partial charge on any atom is 0.122 e. The highest BCUT2D eigenvalue weighted by atomic mass is 16.5. The van der Waals surface area contributed by atoms with Crippen LogP contribution in [0, 0.1) is 0 Å². The first kappa shape index (κ1) is 15.0. The maximum absolute atomic E-state index is 9.78. The van der Waals surface area contributed by atoms with Gasteiger partial charge in [-0.05, 0) is 30.5 Å². The summed E-state index contributed by atoms with van der Waals surface area (Å²) in [5.41, 5.74) is 1.19. The van der Waals surface area contributed by atoms with Crippen molar-refractivity contribution in [3.63, 3.8) is 0 Å². The molecule has 0 saturated carbocycles. The van der Waals surface area contributed by atoms with Gasteiger partial charge in [-0.25, -0.2) is 0 Å². The van der Waals surface area contributed by atoms with Gasteiger partial charge < -0.3 is 15.2 Å². The van der Waals surface area contributed by atoms with E-state index < -0.39 is 6.10 Å². The van der Waals surface area contributed by atoms with E-state index in [9.17, 15) is 5.11 Å². The Morgan fingerprint density at radius 2 is 2.00 bits per heavy atom. The summed E-state index contributed by atoms with van der Waals surface area (Å²) in [5, 5.41) is 13.0. The molecule has 0 saturated heterocycles. The van der Waals surface area contributed by atoms with Crippen molar-refractivity contribution >= 4 is 0 Å². The average Bonchev–Trinajstić information content (AvgIpc) is 2.37. The third kappa shape index (κ3) is 5.07. The predicted octanol–water partition coefficient (Wildman–Crippen LogP) is 2.55. The van der Waals surface area contributed by atoms with Crippen LogP contribution in [0.25, 0.3) is 0 Å². The summed E-state index contributed by atoms with van der Waals surface area (Å²) in [6.45, 7) is 8.23. The molecular formula is C15H25NO2. The third-order valence-corrected chi connectivity index (χ3v) is 2.78. The molecule has 0 aliphatic heterocycles. The number of hydrogen-bond acceptors (Lipinski definition) is 3. The van der Waals surface area contributed by atoms with Gasteiger partial charge in [0.25, 0.3) is 0 Å². The zero-order valence-corrected chi connectivity index (χ0v) is 11.6. The minimum absolute atomic E-state index is 0.334. The first-order valence-electron chi connectivity index (χ1n) is 6.75. The third-order valence-electron chi connectivity index (χ3n) is 2.78. The summed E-state index contributed by atoms with van der Waals surface area (Å²) < 4.78 is 5.70. The molecule has 3 heteroatoms. The zero-order valence-electron chi connectivity index (χ0n) is 11.6. The van der Waals surface area contributed by atoms with E-state index in [0.717, 1.165) is 18.7 Å². The van der Waals surface area contributed by atoms with Crippen molar-refractivity contribution in [3.05, 3.63) is 29.8 Å². The second kappa shape index (κ2) is 8.11. The minimum Gasteiger partial charge on any atom is -0.491 e. The molecule has 1 aromatic carbocycles. The van der Waals surface area contributed by atoms with Crippen LogP contribution in [0.3, 0.4) is 0 Å². The van der Waals surface area contributed by atoms with Crippen molar-refractivity contribution in [2.24, 2.45) is 0 Å². The highest BCUT2D eigenvalue weighted by Gasteiger charge is 2.09. The molecule has 1 aromatic rings. The lowest BCUT2D eigenvalue weighted by molar-refractivity contribution is 0.106. The monoisotopic (exact) mass is 251 g/mol. The Balaban J connectivity index is 2.43. The second-order valence-electron chi connectivity index (χ2n) is 4.86. The number of rotatable bonds is 8. The van der Waals surface area contributed by atoms with Gasteiger partial charge in [-0.3, -0.25) is 0 Å². The fourth-order valence-corrected chi connectivity index (χ4v) is 1.78. The van der Waals surface area contributed by atoms with Crippen LogP contribution < -0.4 is 10.1 Å². The summed E-state index contributed by atoms with van der Waals surface area (Å²) in [7, 11) is 0. The molecule has 0 aromatic heterocycles. The van der Waals surface area contributed by atoms with E-state index in [4.69, 9.17) is 4.74 Å². The maximum atomic E-state index is 9.78. The molecule has 18 heavy (non-hydrogen) atoms.